The Balaban J connectivity index is 2.47. The number of rotatable bonds is 6. The number of aliphatic carboxylic acids is 1. The molecule has 0 aliphatic rings. The van der Waals surface area contributed by atoms with Crippen molar-refractivity contribution >= 4 is 12.0 Å². The maximum atomic E-state index is 13.3. The summed E-state index contributed by atoms with van der Waals surface area (Å²) in [6, 6.07) is 4.14. The second-order valence-corrected chi connectivity index (χ2v) is 3.76. The van der Waals surface area contributed by atoms with E-state index >= 15 is 0 Å². The summed E-state index contributed by atoms with van der Waals surface area (Å²) in [5.74, 6) is -1.64. The summed E-state index contributed by atoms with van der Waals surface area (Å²) >= 11 is 0. The Bertz CT molecular complexity index is 453. The molecule has 0 saturated heterocycles. The highest BCUT2D eigenvalue weighted by molar-refractivity contribution is 5.82. The zero-order chi connectivity index (χ0) is 14.3. The third-order valence-corrected chi connectivity index (χ3v) is 2.33. The normalized spacial score (nSPS) is 11.7. The van der Waals surface area contributed by atoms with Gasteiger partial charge < -0.3 is 20.5 Å². The first-order valence-corrected chi connectivity index (χ1v) is 5.54. The third-order valence-electron chi connectivity index (χ3n) is 2.33. The molecule has 0 heterocycles. The van der Waals surface area contributed by atoms with E-state index in [-0.39, 0.29) is 13.2 Å². The molecule has 1 atom stereocenters. The van der Waals surface area contributed by atoms with Crippen LogP contribution < -0.4 is 10.6 Å². The molecule has 0 aliphatic carbocycles. The minimum atomic E-state index is -1.21. The molecule has 0 aromatic heterocycles. The molecule has 0 spiro atoms. The highest BCUT2D eigenvalue weighted by Gasteiger charge is 2.19. The molecule has 0 radical (unpaired) electrons. The van der Waals surface area contributed by atoms with E-state index in [1.807, 2.05) is 0 Å². The first-order chi connectivity index (χ1) is 9.04. The van der Waals surface area contributed by atoms with Crippen molar-refractivity contribution < 1.29 is 23.8 Å². The second-order valence-electron chi connectivity index (χ2n) is 3.76. The molecule has 0 bridgehead atoms. The summed E-state index contributed by atoms with van der Waals surface area (Å²) < 4.78 is 17.9. The van der Waals surface area contributed by atoms with Crippen molar-refractivity contribution in [3.05, 3.63) is 35.6 Å². The van der Waals surface area contributed by atoms with E-state index in [9.17, 15) is 14.0 Å². The smallest absolute Gasteiger partial charge is 0.328 e. The Morgan fingerprint density at radius 1 is 1.42 bits per heavy atom. The lowest BCUT2D eigenvalue weighted by Gasteiger charge is -2.14. The lowest BCUT2D eigenvalue weighted by Crippen LogP contribution is -2.48. The van der Waals surface area contributed by atoms with Crippen LogP contribution in [0, 0.1) is 5.82 Å². The lowest BCUT2D eigenvalue weighted by molar-refractivity contribution is -0.140. The Morgan fingerprint density at radius 3 is 2.68 bits per heavy atom. The molecule has 7 heteroatoms. The van der Waals surface area contributed by atoms with Gasteiger partial charge in [0, 0.05) is 19.2 Å². The van der Waals surface area contributed by atoms with E-state index in [2.05, 4.69) is 15.4 Å². The molecule has 1 rings (SSSR count). The van der Waals surface area contributed by atoms with Gasteiger partial charge in [-0.25, -0.2) is 14.0 Å². The van der Waals surface area contributed by atoms with Gasteiger partial charge in [0.2, 0.25) is 0 Å². The largest absolute Gasteiger partial charge is 0.480 e. The van der Waals surface area contributed by atoms with Crippen LogP contribution >= 0.6 is 0 Å². The van der Waals surface area contributed by atoms with Crippen molar-refractivity contribution in [3.8, 4) is 0 Å². The Hall–Kier alpha value is -2.15. The zero-order valence-corrected chi connectivity index (χ0v) is 10.4. The molecule has 19 heavy (non-hydrogen) atoms. The standard InChI is InChI=1S/C12H15FN2O4/c1-19-7-10(11(16)17)15-12(18)14-6-8-4-2-3-5-9(8)13/h2-5,10H,6-7H2,1H3,(H,16,17)(H2,14,15,18). The Labute approximate surface area is 109 Å². The van der Waals surface area contributed by atoms with Crippen LogP contribution in [-0.4, -0.2) is 36.9 Å². The minimum absolute atomic E-state index is 0.0299. The number of carboxylic acids is 1. The average molecular weight is 270 g/mol. The number of amides is 2. The van der Waals surface area contributed by atoms with Crippen molar-refractivity contribution in [1.82, 2.24) is 10.6 Å². The van der Waals surface area contributed by atoms with Crippen LogP contribution in [0.25, 0.3) is 0 Å². The fourth-order valence-corrected chi connectivity index (χ4v) is 1.37. The molecule has 0 fully saturated rings. The number of halogens is 1. The predicted molar refractivity (Wildman–Crippen MR) is 65.1 cm³/mol. The van der Waals surface area contributed by atoms with Crippen molar-refractivity contribution in [1.29, 1.82) is 0 Å². The van der Waals surface area contributed by atoms with Crippen molar-refractivity contribution in [3.63, 3.8) is 0 Å². The summed E-state index contributed by atoms with van der Waals surface area (Å²) in [6.07, 6.45) is 0. The van der Waals surface area contributed by atoms with Gasteiger partial charge in [-0.3, -0.25) is 0 Å². The first kappa shape index (κ1) is 14.9. The lowest BCUT2D eigenvalue weighted by atomic mass is 10.2. The number of hydrogen-bond donors (Lipinski definition) is 3. The van der Waals surface area contributed by atoms with Crippen LogP contribution in [0.15, 0.2) is 24.3 Å². The van der Waals surface area contributed by atoms with Crippen molar-refractivity contribution in [2.24, 2.45) is 0 Å². The number of ether oxygens (including phenoxy) is 1. The number of benzene rings is 1. The van der Waals surface area contributed by atoms with Crippen LogP contribution in [0.3, 0.4) is 0 Å². The summed E-state index contributed by atoms with van der Waals surface area (Å²) in [5.41, 5.74) is 0.316. The van der Waals surface area contributed by atoms with Gasteiger partial charge in [-0.2, -0.15) is 0 Å². The summed E-state index contributed by atoms with van der Waals surface area (Å²) in [4.78, 5) is 22.2. The molecular formula is C12H15FN2O4. The van der Waals surface area contributed by atoms with E-state index in [1.54, 1.807) is 6.07 Å². The highest BCUT2D eigenvalue weighted by atomic mass is 19.1. The van der Waals surface area contributed by atoms with E-state index < -0.39 is 23.9 Å². The van der Waals surface area contributed by atoms with E-state index in [0.29, 0.717) is 5.56 Å². The van der Waals surface area contributed by atoms with Gasteiger partial charge in [-0.15, -0.1) is 0 Å². The number of carboxylic acid groups (broad SMARTS) is 1. The predicted octanol–water partition coefficient (Wildman–Crippen LogP) is 0.724. The van der Waals surface area contributed by atoms with Gasteiger partial charge in [-0.1, -0.05) is 18.2 Å². The quantitative estimate of drug-likeness (QED) is 0.711. The van der Waals surface area contributed by atoms with Crippen molar-refractivity contribution in [2.75, 3.05) is 13.7 Å². The summed E-state index contributed by atoms with van der Waals surface area (Å²) in [6.45, 7) is -0.180. The topological polar surface area (TPSA) is 87.7 Å². The maximum absolute atomic E-state index is 13.3. The van der Waals surface area contributed by atoms with Crippen LogP contribution in [0.5, 0.6) is 0 Å². The number of methoxy groups -OCH3 is 1. The fraction of sp³-hybridized carbons (Fsp3) is 0.333. The number of urea groups is 1. The molecule has 2 amide bonds. The molecule has 0 saturated carbocycles. The molecule has 1 aromatic carbocycles. The van der Waals surface area contributed by atoms with E-state index in [1.165, 1.54) is 25.3 Å². The van der Waals surface area contributed by atoms with Crippen molar-refractivity contribution in [2.45, 2.75) is 12.6 Å². The summed E-state index contributed by atoms with van der Waals surface area (Å²) in [5, 5.41) is 13.4. The SMILES string of the molecule is COCC(NC(=O)NCc1ccccc1F)C(=O)O. The van der Waals surface area contributed by atoms with Gasteiger partial charge in [0.15, 0.2) is 6.04 Å². The third kappa shape index (κ3) is 4.92. The van der Waals surface area contributed by atoms with Gasteiger partial charge in [-0.05, 0) is 6.07 Å². The van der Waals surface area contributed by atoms with Crippen LogP contribution in [0.1, 0.15) is 5.56 Å². The minimum Gasteiger partial charge on any atom is -0.480 e. The van der Waals surface area contributed by atoms with Gasteiger partial charge in [0.05, 0.1) is 6.61 Å². The maximum Gasteiger partial charge on any atom is 0.328 e. The molecule has 1 aromatic rings. The monoisotopic (exact) mass is 270 g/mol. The zero-order valence-electron chi connectivity index (χ0n) is 10.4. The van der Waals surface area contributed by atoms with Gasteiger partial charge in [0.1, 0.15) is 5.82 Å². The van der Waals surface area contributed by atoms with Crippen LogP contribution in [0.2, 0.25) is 0 Å². The Morgan fingerprint density at radius 2 is 2.11 bits per heavy atom. The van der Waals surface area contributed by atoms with Crippen LogP contribution in [-0.2, 0) is 16.1 Å². The molecule has 3 N–H and O–H groups in total. The number of hydrogen-bond acceptors (Lipinski definition) is 3. The number of carbonyl (C=O) groups excluding carboxylic acids is 1. The Kier molecular flexibility index (Phi) is 5.74. The molecular weight excluding hydrogens is 255 g/mol. The van der Waals surface area contributed by atoms with E-state index in [0.717, 1.165) is 0 Å². The van der Waals surface area contributed by atoms with Gasteiger partial charge in [0.25, 0.3) is 0 Å². The van der Waals surface area contributed by atoms with Gasteiger partial charge >= 0.3 is 12.0 Å². The second kappa shape index (κ2) is 7.32. The summed E-state index contributed by atoms with van der Waals surface area (Å²) in [7, 11) is 1.33. The molecule has 6 nitrogen and oxygen atoms in total. The van der Waals surface area contributed by atoms with E-state index in [4.69, 9.17) is 5.11 Å². The molecule has 1 unspecified atom stereocenters. The number of carbonyl (C=O) groups is 2. The van der Waals surface area contributed by atoms with Crippen LogP contribution in [0.4, 0.5) is 9.18 Å². The average Bonchev–Trinajstić information content (AvgIpc) is 2.37. The highest BCUT2D eigenvalue weighted by Crippen LogP contribution is 2.05. The fourth-order valence-electron chi connectivity index (χ4n) is 1.37. The first-order valence-electron chi connectivity index (χ1n) is 5.54. The molecule has 104 valence electrons. The molecule has 0 aliphatic heterocycles. The number of nitrogens with one attached hydrogen (secondary N) is 2.